The Morgan fingerprint density at radius 1 is 1.38 bits per heavy atom. The summed E-state index contributed by atoms with van der Waals surface area (Å²) >= 11 is 5.46. The Morgan fingerprint density at radius 2 is 2.06 bits per heavy atom. The van der Waals surface area contributed by atoms with Crippen molar-refractivity contribution in [2.75, 3.05) is 0 Å². The monoisotopic (exact) mass is 244 g/mol. The topological polar surface area (TPSA) is 58.2 Å². The SMILES string of the molecule is CC(Cl)C(=O)NNC(=O)c1cccc(F)c1. The van der Waals surface area contributed by atoms with Gasteiger partial charge in [-0.3, -0.25) is 20.4 Å². The van der Waals surface area contributed by atoms with Gasteiger partial charge < -0.3 is 0 Å². The highest BCUT2D eigenvalue weighted by atomic mass is 35.5. The highest BCUT2D eigenvalue weighted by Crippen LogP contribution is 2.02. The lowest BCUT2D eigenvalue weighted by Crippen LogP contribution is -2.44. The normalized spacial score (nSPS) is 11.7. The van der Waals surface area contributed by atoms with E-state index in [0.717, 1.165) is 6.07 Å². The number of nitrogens with one attached hydrogen (secondary N) is 2. The zero-order valence-electron chi connectivity index (χ0n) is 8.46. The number of hydrogen-bond donors (Lipinski definition) is 2. The van der Waals surface area contributed by atoms with Crippen LogP contribution in [0.1, 0.15) is 17.3 Å². The third-order valence-corrected chi connectivity index (χ3v) is 1.95. The average Bonchev–Trinajstić information content (AvgIpc) is 2.25. The molecule has 0 fully saturated rings. The van der Waals surface area contributed by atoms with E-state index in [1.165, 1.54) is 25.1 Å². The molecule has 0 saturated heterocycles. The van der Waals surface area contributed by atoms with Crippen LogP contribution in [0.5, 0.6) is 0 Å². The van der Waals surface area contributed by atoms with E-state index >= 15 is 0 Å². The molecule has 0 heterocycles. The molecule has 0 aromatic heterocycles. The number of amides is 2. The first-order chi connectivity index (χ1) is 7.50. The van der Waals surface area contributed by atoms with Crippen molar-refractivity contribution < 1.29 is 14.0 Å². The van der Waals surface area contributed by atoms with Crippen molar-refractivity contribution in [3.05, 3.63) is 35.6 Å². The van der Waals surface area contributed by atoms with Gasteiger partial charge in [0.2, 0.25) is 0 Å². The molecule has 0 aliphatic carbocycles. The molecule has 2 N–H and O–H groups in total. The Bertz CT molecular complexity index is 410. The minimum absolute atomic E-state index is 0.113. The molecule has 6 heteroatoms. The van der Waals surface area contributed by atoms with E-state index in [1.807, 2.05) is 0 Å². The summed E-state index contributed by atoms with van der Waals surface area (Å²) < 4.78 is 12.8. The Morgan fingerprint density at radius 3 is 2.62 bits per heavy atom. The van der Waals surface area contributed by atoms with Gasteiger partial charge in [-0.2, -0.15) is 0 Å². The number of alkyl halides is 1. The molecule has 1 aromatic rings. The molecule has 1 unspecified atom stereocenters. The Kier molecular flexibility index (Phi) is 4.25. The molecule has 0 spiro atoms. The van der Waals surface area contributed by atoms with Gasteiger partial charge in [-0.1, -0.05) is 6.07 Å². The summed E-state index contributed by atoms with van der Waals surface area (Å²) in [6.07, 6.45) is 0. The molecule has 86 valence electrons. The maximum Gasteiger partial charge on any atom is 0.269 e. The zero-order valence-corrected chi connectivity index (χ0v) is 9.22. The van der Waals surface area contributed by atoms with E-state index in [9.17, 15) is 14.0 Å². The van der Waals surface area contributed by atoms with Gasteiger partial charge in [0.05, 0.1) is 0 Å². The fraction of sp³-hybridized carbons (Fsp3) is 0.200. The predicted molar refractivity (Wildman–Crippen MR) is 57.3 cm³/mol. The van der Waals surface area contributed by atoms with E-state index in [1.54, 1.807) is 0 Å². The molecular formula is C10H10ClFN2O2. The average molecular weight is 245 g/mol. The molecule has 0 bridgehead atoms. The quantitative estimate of drug-likeness (QED) is 0.607. The van der Waals surface area contributed by atoms with E-state index < -0.39 is 23.0 Å². The molecule has 0 aliphatic heterocycles. The van der Waals surface area contributed by atoms with Crippen LogP contribution in [0.15, 0.2) is 24.3 Å². The Labute approximate surface area is 96.8 Å². The number of hydrazine groups is 1. The Balaban J connectivity index is 2.57. The second-order valence-electron chi connectivity index (χ2n) is 3.07. The second-order valence-corrected chi connectivity index (χ2v) is 3.72. The molecule has 0 aliphatic rings. The summed E-state index contributed by atoms with van der Waals surface area (Å²) in [5.41, 5.74) is 4.34. The minimum atomic E-state index is -0.757. The van der Waals surface area contributed by atoms with Gasteiger partial charge in [-0.05, 0) is 25.1 Å². The number of carbonyl (C=O) groups excluding carboxylic acids is 2. The van der Waals surface area contributed by atoms with Gasteiger partial charge >= 0.3 is 0 Å². The van der Waals surface area contributed by atoms with Crippen LogP contribution in [-0.4, -0.2) is 17.2 Å². The second kappa shape index (κ2) is 5.46. The highest BCUT2D eigenvalue weighted by molar-refractivity contribution is 6.30. The van der Waals surface area contributed by atoms with Crippen molar-refractivity contribution in [1.29, 1.82) is 0 Å². The zero-order chi connectivity index (χ0) is 12.1. The fourth-order valence-electron chi connectivity index (χ4n) is 0.920. The van der Waals surface area contributed by atoms with Crippen molar-refractivity contribution in [1.82, 2.24) is 10.9 Å². The smallest absolute Gasteiger partial charge is 0.269 e. The first-order valence-electron chi connectivity index (χ1n) is 4.50. The van der Waals surface area contributed by atoms with Gasteiger partial charge in [0, 0.05) is 5.56 Å². The van der Waals surface area contributed by atoms with Crippen LogP contribution >= 0.6 is 11.6 Å². The number of rotatable bonds is 2. The summed E-state index contributed by atoms with van der Waals surface area (Å²) in [7, 11) is 0. The first kappa shape index (κ1) is 12.4. The van der Waals surface area contributed by atoms with Crippen LogP contribution in [0.25, 0.3) is 0 Å². The summed E-state index contributed by atoms with van der Waals surface area (Å²) in [6, 6.07) is 5.10. The maximum atomic E-state index is 12.8. The first-order valence-corrected chi connectivity index (χ1v) is 4.94. The lowest BCUT2D eigenvalue weighted by atomic mass is 10.2. The van der Waals surface area contributed by atoms with Crippen molar-refractivity contribution in [2.24, 2.45) is 0 Å². The van der Waals surface area contributed by atoms with Gasteiger partial charge in [0.1, 0.15) is 11.2 Å². The molecule has 1 atom stereocenters. The maximum absolute atomic E-state index is 12.8. The lowest BCUT2D eigenvalue weighted by molar-refractivity contribution is -0.121. The van der Waals surface area contributed by atoms with Crippen LogP contribution in [0.4, 0.5) is 4.39 Å². The Hall–Kier alpha value is -1.62. The van der Waals surface area contributed by atoms with E-state index in [0.29, 0.717) is 0 Å². The van der Waals surface area contributed by atoms with Crippen LogP contribution < -0.4 is 10.9 Å². The summed E-state index contributed by atoms with van der Waals surface area (Å²) in [4.78, 5) is 22.4. The molecular weight excluding hydrogens is 235 g/mol. The number of halogens is 2. The van der Waals surface area contributed by atoms with E-state index in [2.05, 4.69) is 10.9 Å². The number of carbonyl (C=O) groups is 2. The largest absolute Gasteiger partial charge is 0.272 e. The summed E-state index contributed by atoms with van der Waals surface area (Å²) in [5, 5.41) is -0.757. The molecule has 1 rings (SSSR count). The third-order valence-electron chi connectivity index (χ3n) is 1.75. The van der Waals surface area contributed by atoms with Gasteiger partial charge in [-0.15, -0.1) is 11.6 Å². The van der Waals surface area contributed by atoms with Gasteiger partial charge in [-0.25, -0.2) is 4.39 Å². The molecule has 0 radical (unpaired) electrons. The van der Waals surface area contributed by atoms with Crippen LogP contribution in [-0.2, 0) is 4.79 Å². The van der Waals surface area contributed by atoms with Crippen LogP contribution in [0.3, 0.4) is 0 Å². The number of hydrogen-bond acceptors (Lipinski definition) is 2. The van der Waals surface area contributed by atoms with Gasteiger partial charge in [0.15, 0.2) is 0 Å². The fourth-order valence-corrected chi connectivity index (χ4v) is 0.974. The molecule has 1 aromatic carbocycles. The molecule has 2 amide bonds. The van der Waals surface area contributed by atoms with Crippen molar-refractivity contribution in [3.63, 3.8) is 0 Å². The van der Waals surface area contributed by atoms with Crippen molar-refractivity contribution in [2.45, 2.75) is 12.3 Å². The minimum Gasteiger partial charge on any atom is -0.272 e. The number of benzene rings is 1. The van der Waals surface area contributed by atoms with E-state index in [-0.39, 0.29) is 5.56 Å². The van der Waals surface area contributed by atoms with Crippen molar-refractivity contribution >= 4 is 23.4 Å². The molecule has 0 saturated carbocycles. The summed E-state index contributed by atoms with van der Waals surface area (Å²) in [6.45, 7) is 1.46. The van der Waals surface area contributed by atoms with Crippen LogP contribution in [0, 0.1) is 5.82 Å². The van der Waals surface area contributed by atoms with Crippen LogP contribution in [0.2, 0.25) is 0 Å². The standard InChI is InChI=1S/C10H10ClFN2O2/c1-6(11)9(15)13-14-10(16)7-3-2-4-8(12)5-7/h2-6H,1H3,(H,13,15)(H,14,16). The third kappa shape index (κ3) is 3.51. The summed E-state index contributed by atoms with van der Waals surface area (Å²) in [5.74, 6) is -1.67. The molecule has 4 nitrogen and oxygen atoms in total. The van der Waals surface area contributed by atoms with Crippen molar-refractivity contribution in [3.8, 4) is 0 Å². The van der Waals surface area contributed by atoms with E-state index in [4.69, 9.17) is 11.6 Å². The molecule has 16 heavy (non-hydrogen) atoms. The highest BCUT2D eigenvalue weighted by Gasteiger charge is 2.11. The lowest BCUT2D eigenvalue weighted by Gasteiger charge is -2.08. The predicted octanol–water partition coefficient (Wildman–Crippen LogP) is 1.21. The van der Waals surface area contributed by atoms with Gasteiger partial charge in [0.25, 0.3) is 11.8 Å².